The number of amides is 2. The summed E-state index contributed by atoms with van der Waals surface area (Å²) in [5.74, 6) is -0.305. The first-order chi connectivity index (χ1) is 12.4. The first-order valence-electron chi connectivity index (χ1n) is 9.27. The number of benzene rings is 1. The molecule has 0 saturated carbocycles. The van der Waals surface area contributed by atoms with Crippen molar-refractivity contribution in [3.05, 3.63) is 35.8 Å². The second-order valence-electron chi connectivity index (χ2n) is 7.70. The van der Waals surface area contributed by atoms with Crippen molar-refractivity contribution in [2.75, 3.05) is 13.1 Å². The molecule has 26 heavy (non-hydrogen) atoms. The molecule has 2 saturated heterocycles. The zero-order valence-electron chi connectivity index (χ0n) is 15.2. The summed E-state index contributed by atoms with van der Waals surface area (Å²) in [7, 11) is 0. The molecule has 0 spiro atoms. The Balaban J connectivity index is 1.67. The van der Waals surface area contributed by atoms with E-state index in [4.69, 9.17) is 0 Å². The van der Waals surface area contributed by atoms with Gasteiger partial charge in [-0.1, -0.05) is 0 Å². The molecular weight excluding hydrogens is 333 g/mol. The Morgan fingerprint density at radius 2 is 2.04 bits per heavy atom. The molecule has 0 aliphatic carbocycles. The van der Waals surface area contributed by atoms with E-state index >= 15 is 0 Å². The average molecular weight is 357 g/mol. The summed E-state index contributed by atoms with van der Waals surface area (Å²) >= 11 is 0. The van der Waals surface area contributed by atoms with Crippen molar-refractivity contribution in [3.8, 4) is 0 Å². The van der Waals surface area contributed by atoms with Crippen molar-refractivity contribution in [1.82, 2.24) is 14.8 Å². The fourth-order valence-electron chi connectivity index (χ4n) is 4.88. The van der Waals surface area contributed by atoms with Gasteiger partial charge >= 0.3 is 0 Å². The molecule has 2 atom stereocenters. The van der Waals surface area contributed by atoms with Crippen LogP contribution >= 0.6 is 0 Å². The van der Waals surface area contributed by atoms with Crippen LogP contribution in [0.15, 0.2) is 24.3 Å². The molecule has 6 heteroatoms. The van der Waals surface area contributed by atoms with E-state index in [1.165, 1.54) is 12.1 Å². The van der Waals surface area contributed by atoms with Crippen molar-refractivity contribution in [3.63, 3.8) is 0 Å². The number of aromatic amines is 1. The van der Waals surface area contributed by atoms with Crippen LogP contribution < -0.4 is 0 Å². The van der Waals surface area contributed by atoms with Gasteiger partial charge in [-0.25, -0.2) is 4.39 Å². The molecule has 0 radical (unpaired) electrons. The number of piperidine rings is 2. The number of rotatable bonds is 1. The van der Waals surface area contributed by atoms with Gasteiger partial charge in [-0.2, -0.15) is 0 Å². The highest BCUT2D eigenvalue weighted by molar-refractivity contribution is 5.98. The van der Waals surface area contributed by atoms with Crippen LogP contribution in [-0.2, 0) is 4.79 Å². The molecule has 2 aromatic rings. The summed E-state index contributed by atoms with van der Waals surface area (Å²) in [6.07, 6.45) is 3.60. The highest BCUT2D eigenvalue weighted by atomic mass is 19.1. The lowest BCUT2D eigenvalue weighted by Gasteiger charge is -2.56. The Bertz CT molecular complexity index is 877. The predicted octanol–water partition coefficient (Wildman–Crippen LogP) is 3.31. The van der Waals surface area contributed by atoms with Crippen LogP contribution in [0.25, 0.3) is 10.9 Å². The minimum atomic E-state index is -0.314. The van der Waals surface area contributed by atoms with Crippen molar-refractivity contribution in [1.29, 1.82) is 0 Å². The molecule has 1 aromatic carbocycles. The third kappa shape index (κ3) is 2.59. The van der Waals surface area contributed by atoms with Crippen LogP contribution in [0.5, 0.6) is 0 Å². The Kier molecular flexibility index (Phi) is 4.01. The lowest BCUT2D eigenvalue weighted by Crippen LogP contribution is -2.68. The van der Waals surface area contributed by atoms with Gasteiger partial charge in [0.05, 0.1) is 11.6 Å². The Hall–Kier alpha value is -2.37. The number of aromatic nitrogens is 1. The molecule has 4 rings (SSSR count). The summed E-state index contributed by atoms with van der Waals surface area (Å²) < 4.78 is 13.4. The highest BCUT2D eigenvalue weighted by Gasteiger charge is 2.49. The molecule has 138 valence electrons. The number of carbonyl (C=O) groups is 2. The fraction of sp³-hybridized carbons (Fsp3) is 0.500. The average Bonchev–Trinajstić information content (AvgIpc) is 3.02. The van der Waals surface area contributed by atoms with E-state index in [0.29, 0.717) is 17.6 Å². The van der Waals surface area contributed by atoms with E-state index in [1.54, 1.807) is 19.1 Å². The quantitative estimate of drug-likeness (QED) is 0.851. The summed E-state index contributed by atoms with van der Waals surface area (Å²) in [4.78, 5) is 32.3. The topological polar surface area (TPSA) is 56.4 Å². The molecule has 3 heterocycles. The number of hydrogen-bond donors (Lipinski definition) is 1. The molecule has 1 N–H and O–H groups in total. The molecule has 1 aromatic heterocycles. The van der Waals surface area contributed by atoms with E-state index in [1.807, 2.05) is 9.80 Å². The maximum absolute atomic E-state index is 13.4. The van der Waals surface area contributed by atoms with Gasteiger partial charge in [-0.3, -0.25) is 9.59 Å². The monoisotopic (exact) mass is 357 g/mol. The van der Waals surface area contributed by atoms with Crippen LogP contribution in [0.4, 0.5) is 4.39 Å². The number of hydrogen-bond acceptors (Lipinski definition) is 2. The van der Waals surface area contributed by atoms with Crippen LogP contribution in [0.2, 0.25) is 0 Å². The number of fused-ring (bicyclic) bond motifs is 2. The maximum Gasteiger partial charge on any atom is 0.270 e. The lowest BCUT2D eigenvalue weighted by atomic mass is 9.76. The molecule has 5 nitrogen and oxygen atoms in total. The largest absolute Gasteiger partial charge is 0.351 e. The second-order valence-corrected chi connectivity index (χ2v) is 7.70. The number of nitrogens with one attached hydrogen (secondary N) is 1. The van der Waals surface area contributed by atoms with Crippen molar-refractivity contribution < 1.29 is 14.0 Å². The van der Waals surface area contributed by atoms with E-state index < -0.39 is 0 Å². The third-order valence-electron chi connectivity index (χ3n) is 6.11. The Labute approximate surface area is 152 Å². The minimum absolute atomic E-state index is 0.0181. The highest BCUT2D eigenvalue weighted by Crippen LogP contribution is 2.39. The third-order valence-corrected chi connectivity index (χ3v) is 6.11. The van der Waals surface area contributed by atoms with Crippen molar-refractivity contribution in [2.45, 2.75) is 51.1 Å². The van der Waals surface area contributed by atoms with Gasteiger partial charge in [-0.15, -0.1) is 0 Å². The number of H-pyrrole nitrogens is 1. The minimum Gasteiger partial charge on any atom is -0.351 e. The van der Waals surface area contributed by atoms with Crippen molar-refractivity contribution in [2.24, 2.45) is 0 Å². The van der Waals surface area contributed by atoms with Crippen molar-refractivity contribution >= 4 is 22.7 Å². The number of halogens is 1. The predicted molar refractivity (Wildman–Crippen MR) is 97.3 cm³/mol. The summed E-state index contributed by atoms with van der Waals surface area (Å²) in [6.45, 7) is 5.17. The summed E-state index contributed by atoms with van der Waals surface area (Å²) in [6, 6.07) is 6.21. The Morgan fingerprint density at radius 1 is 1.23 bits per heavy atom. The number of likely N-dealkylation sites (tertiary alicyclic amines) is 2. The lowest BCUT2D eigenvalue weighted by molar-refractivity contribution is -0.143. The molecule has 2 aliphatic heterocycles. The van der Waals surface area contributed by atoms with Gasteiger partial charge in [0.1, 0.15) is 11.5 Å². The van der Waals surface area contributed by atoms with Gasteiger partial charge < -0.3 is 14.8 Å². The van der Waals surface area contributed by atoms with Gasteiger partial charge in [0.25, 0.3) is 5.91 Å². The van der Waals surface area contributed by atoms with E-state index in [9.17, 15) is 14.0 Å². The number of nitrogens with zero attached hydrogens (tertiary/aromatic N) is 2. The van der Waals surface area contributed by atoms with Gasteiger partial charge in [-0.05, 0) is 56.9 Å². The smallest absolute Gasteiger partial charge is 0.270 e. The van der Waals surface area contributed by atoms with Crippen LogP contribution in [0, 0.1) is 5.82 Å². The summed E-state index contributed by atoms with van der Waals surface area (Å²) in [5.41, 5.74) is 0.925. The molecule has 0 unspecified atom stereocenters. The first-order valence-corrected chi connectivity index (χ1v) is 9.27. The van der Waals surface area contributed by atoms with Crippen LogP contribution in [0.1, 0.15) is 50.0 Å². The standard InChI is InChI=1S/C20H24FN3O2/c1-13(25)24-10-3-5-18-20(24,2)8-4-9-23(18)19(26)17-12-14-11-15(21)6-7-16(14)22-17/h6-7,11-12,18,22H,3-5,8-10H2,1-2H3/t18-,20+/m1/s1. The van der Waals surface area contributed by atoms with Gasteiger partial charge in [0, 0.05) is 30.9 Å². The van der Waals surface area contributed by atoms with Crippen LogP contribution in [0.3, 0.4) is 0 Å². The summed E-state index contributed by atoms with van der Waals surface area (Å²) in [5, 5.41) is 0.696. The molecular formula is C20H24FN3O2. The van der Waals surface area contributed by atoms with Gasteiger partial charge in [0.2, 0.25) is 5.91 Å². The molecule has 2 aliphatic rings. The second kappa shape index (κ2) is 6.11. The Morgan fingerprint density at radius 3 is 2.81 bits per heavy atom. The van der Waals surface area contributed by atoms with E-state index in [-0.39, 0.29) is 29.2 Å². The molecule has 0 bridgehead atoms. The van der Waals surface area contributed by atoms with E-state index in [2.05, 4.69) is 11.9 Å². The van der Waals surface area contributed by atoms with E-state index in [0.717, 1.165) is 37.7 Å². The first kappa shape index (κ1) is 17.1. The van der Waals surface area contributed by atoms with Crippen LogP contribution in [-0.4, -0.2) is 51.3 Å². The zero-order chi connectivity index (χ0) is 18.5. The number of carbonyl (C=O) groups excluding carboxylic acids is 2. The SMILES string of the molecule is CC(=O)N1CCC[C@H]2N(C(=O)c3cc4cc(F)ccc4[nH]3)CCC[C@@]21C. The van der Waals surface area contributed by atoms with Gasteiger partial charge in [0.15, 0.2) is 0 Å². The maximum atomic E-state index is 13.4. The molecule has 2 fully saturated rings. The fourth-order valence-corrected chi connectivity index (χ4v) is 4.88. The molecule has 2 amide bonds. The normalized spacial score (nSPS) is 26.0. The zero-order valence-corrected chi connectivity index (χ0v) is 15.2.